The maximum Gasteiger partial charge on any atom is 0.312 e. The van der Waals surface area contributed by atoms with Crippen LogP contribution in [-0.2, 0) is 4.79 Å². The maximum atomic E-state index is 12.1. The van der Waals surface area contributed by atoms with Crippen LogP contribution in [0.2, 0.25) is 0 Å². The number of benzene rings is 1. The van der Waals surface area contributed by atoms with Crippen molar-refractivity contribution in [2.45, 2.75) is 38.1 Å². The number of nitrogens with two attached hydrogens (primary N) is 1. The third kappa shape index (κ3) is 6.55. The Morgan fingerprint density at radius 3 is 2.69 bits per heavy atom. The molecule has 2 rings (SSSR count). The summed E-state index contributed by atoms with van der Waals surface area (Å²) in [6.45, 7) is 3.20. The summed E-state index contributed by atoms with van der Waals surface area (Å²) < 4.78 is 5.34. The number of carbonyl (C=O) groups excluding carboxylic acids is 2. The molecular formula is C19H30N4O3. The van der Waals surface area contributed by atoms with Crippen molar-refractivity contribution >= 4 is 11.9 Å². The molecular weight excluding hydrogens is 332 g/mol. The van der Waals surface area contributed by atoms with E-state index in [0.29, 0.717) is 19.5 Å². The summed E-state index contributed by atoms with van der Waals surface area (Å²) in [5, 5.41) is 5.59. The molecule has 144 valence electrons. The first-order chi connectivity index (χ1) is 12.6. The van der Waals surface area contributed by atoms with Gasteiger partial charge >= 0.3 is 6.03 Å². The lowest BCUT2D eigenvalue weighted by molar-refractivity contribution is -0.121. The van der Waals surface area contributed by atoms with Crippen LogP contribution < -0.4 is 21.1 Å². The number of unbranched alkanes of at least 4 members (excludes halogenated alkanes) is 1. The number of nitrogens with one attached hydrogen (secondary N) is 2. The Labute approximate surface area is 155 Å². The summed E-state index contributed by atoms with van der Waals surface area (Å²) >= 11 is 0. The van der Waals surface area contributed by atoms with Gasteiger partial charge in [0, 0.05) is 19.5 Å². The van der Waals surface area contributed by atoms with Crippen molar-refractivity contribution in [1.29, 1.82) is 0 Å². The normalized spacial score (nSPS) is 15.4. The molecule has 1 fully saturated rings. The van der Waals surface area contributed by atoms with Crippen molar-refractivity contribution < 1.29 is 14.3 Å². The molecule has 1 atom stereocenters. The number of likely N-dealkylation sites (tertiary alicyclic amines) is 1. The highest BCUT2D eigenvalue weighted by Gasteiger charge is 2.24. The Kier molecular flexibility index (Phi) is 8.21. The van der Waals surface area contributed by atoms with E-state index in [0.717, 1.165) is 37.2 Å². The highest BCUT2D eigenvalue weighted by atomic mass is 16.5. The number of hydrogen-bond donors (Lipinski definition) is 3. The van der Waals surface area contributed by atoms with Gasteiger partial charge in [0.1, 0.15) is 5.75 Å². The predicted octanol–water partition coefficient (Wildman–Crippen LogP) is 1.79. The standard InChI is InChI=1S/C19H30N4O3/c1-26-16-8-6-7-15(13-16)17(23-11-4-5-12-23)14-22-18(24)9-2-3-10-21-19(20)25/h6-8,13,17H,2-5,9-12,14H2,1H3,(H,22,24)(H3,20,21,25). The number of urea groups is 1. The van der Waals surface area contributed by atoms with Crippen molar-refractivity contribution in [2.24, 2.45) is 5.73 Å². The number of rotatable bonds is 10. The first-order valence-electron chi connectivity index (χ1n) is 9.28. The van der Waals surface area contributed by atoms with Crippen LogP contribution in [0.15, 0.2) is 24.3 Å². The zero-order valence-electron chi connectivity index (χ0n) is 15.5. The summed E-state index contributed by atoms with van der Waals surface area (Å²) in [6.07, 6.45) is 4.30. The molecule has 0 spiro atoms. The zero-order valence-corrected chi connectivity index (χ0v) is 15.5. The van der Waals surface area contributed by atoms with E-state index in [1.54, 1.807) is 7.11 Å². The van der Waals surface area contributed by atoms with E-state index < -0.39 is 6.03 Å². The van der Waals surface area contributed by atoms with E-state index in [9.17, 15) is 9.59 Å². The third-order valence-corrected chi connectivity index (χ3v) is 4.68. The minimum Gasteiger partial charge on any atom is -0.497 e. The van der Waals surface area contributed by atoms with E-state index in [4.69, 9.17) is 10.5 Å². The molecule has 0 aromatic heterocycles. The third-order valence-electron chi connectivity index (χ3n) is 4.68. The SMILES string of the molecule is COc1cccc(C(CNC(=O)CCCCNC(N)=O)N2CCCC2)c1. The van der Waals surface area contributed by atoms with Gasteiger partial charge in [0.2, 0.25) is 5.91 Å². The largest absolute Gasteiger partial charge is 0.497 e. The average Bonchev–Trinajstić information content (AvgIpc) is 3.16. The van der Waals surface area contributed by atoms with E-state index in [2.05, 4.69) is 21.6 Å². The van der Waals surface area contributed by atoms with Gasteiger partial charge in [-0.1, -0.05) is 12.1 Å². The molecule has 0 bridgehead atoms. The summed E-state index contributed by atoms with van der Waals surface area (Å²) in [6, 6.07) is 7.69. The van der Waals surface area contributed by atoms with Gasteiger partial charge in [0.15, 0.2) is 0 Å². The molecule has 1 aromatic rings. The first-order valence-corrected chi connectivity index (χ1v) is 9.28. The Balaban J connectivity index is 1.84. The molecule has 0 aliphatic carbocycles. The summed E-state index contributed by atoms with van der Waals surface area (Å²) in [4.78, 5) is 25.2. The molecule has 26 heavy (non-hydrogen) atoms. The van der Waals surface area contributed by atoms with Crippen LogP contribution in [0.25, 0.3) is 0 Å². The number of nitrogens with zero attached hydrogens (tertiary/aromatic N) is 1. The zero-order chi connectivity index (χ0) is 18.8. The fourth-order valence-corrected chi connectivity index (χ4v) is 3.28. The van der Waals surface area contributed by atoms with Crippen LogP contribution in [0.1, 0.15) is 43.7 Å². The molecule has 7 heteroatoms. The molecule has 3 amide bonds. The van der Waals surface area contributed by atoms with E-state index in [1.165, 1.54) is 12.8 Å². The topological polar surface area (TPSA) is 96.7 Å². The van der Waals surface area contributed by atoms with Gasteiger partial charge in [0.05, 0.1) is 13.2 Å². The lowest BCUT2D eigenvalue weighted by Gasteiger charge is -2.28. The quantitative estimate of drug-likeness (QED) is 0.553. The highest BCUT2D eigenvalue weighted by Crippen LogP contribution is 2.27. The highest BCUT2D eigenvalue weighted by molar-refractivity contribution is 5.75. The Hall–Kier alpha value is -2.28. The minimum absolute atomic E-state index is 0.0381. The van der Waals surface area contributed by atoms with E-state index >= 15 is 0 Å². The number of primary amides is 1. The van der Waals surface area contributed by atoms with Crippen LogP contribution >= 0.6 is 0 Å². The molecule has 1 aromatic carbocycles. The van der Waals surface area contributed by atoms with Crippen molar-refractivity contribution in [3.63, 3.8) is 0 Å². The van der Waals surface area contributed by atoms with Crippen molar-refractivity contribution in [3.05, 3.63) is 29.8 Å². The number of amides is 3. The number of hydrogen-bond acceptors (Lipinski definition) is 4. The summed E-state index contributed by atoms with van der Waals surface area (Å²) in [7, 11) is 1.67. The Bertz CT molecular complexity index is 588. The van der Waals surface area contributed by atoms with Gasteiger partial charge in [-0.3, -0.25) is 9.69 Å². The number of methoxy groups -OCH3 is 1. The fraction of sp³-hybridized carbons (Fsp3) is 0.579. The first kappa shape index (κ1) is 20.0. The molecule has 1 aliphatic heterocycles. The Morgan fingerprint density at radius 2 is 2.00 bits per heavy atom. The van der Waals surface area contributed by atoms with Crippen LogP contribution in [0, 0.1) is 0 Å². The fourth-order valence-electron chi connectivity index (χ4n) is 3.28. The number of ether oxygens (including phenoxy) is 1. The van der Waals surface area contributed by atoms with Crippen LogP contribution in [0.5, 0.6) is 5.75 Å². The monoisotopic (exact) mass is 362 g/mol. The second-order valence-corrected chi connectivity index (χ2v) is 6.59. The smallest absolute Gasteiger partial charge is 0.312 e. The van der Waals surface area contributed by atoms with Gasteiger partial charge in [-0.2, -0.15) is 0 Å². The molecule has 0 saturated carbocycles. The Morgan fingerprint density at radius 1 is 1.23 bits per heavy atom. The summed E-state index contributed by atoms with van der Waals surface area (Å²) in [5.41, 5.74) is 6.17. The van der Waals surface area contributed by atoms with Crippen LogP contribution in [-0.4, -0.2) is 50.1 Å². The second-order valence-electron chi connectivity index (χ2n) is 6.59. The van der Waals surface area contributed by atoms with Gasteiger partial charge in [-0.05, 0) is 56.5 Å². The molecule has 7 nitrogen and oxygen atoms in total. The number of carbonyl (C=O) groups is 2. The van der Waals surface area contributed by atoms with Crippen molar-refractivity contribution in [3.8, 4) is 5.75 Å². The average molecular weight is 362 g/mol. The molecule has 0 radical (unpaired) electrons. The molecule has 1 saturated heterocycles. The predicted molar refractivity (Wildman–Crippen MR) is 101 cm³/mol. The van der Waals surface area contributed by atoms with E-state index in [-0.39, 0.29) is 11.9 Å². The van der Waals surface area contributed by atoms with Crippen LogP contribution in [0.4, 0.5) is 4.79 Å². The van der Waals surface area contributed by atoms with Gasteiger partial charge < -0.3 is 21.1 Å². The maximum absolute atomic E-state index is 12.1. The second kappa shape index (κ2) is 10.7. The van der Waals surface area contributed by atoms with Crippen molar-refractivity contribution in [1.82, 2.24) is 15.5 Å². The lowest BCUT2D eigenvalue weighted by atomic mass is 10.0. The van der Waals surface area contributed by atoms with Gasteiger partial charge in [-0.15, -0.1) is 0 Å². The van der Waals surface area contributed by atoms with Gasteiger partial charge in [-0.25, -0.2) is 4.79 Å². The molecule has 1 heterocycles. The van der Waals surface area contributed by atoms with Crippen LogP contribution in [0.3, 0.4) is 0 Å². The molecule has 1 unspecified atom stereocenters. The lowest BCUT2D eigenvalue weighted by Crippen LogP contribution is -2.36. The van der Waals surface area contributed by atoms with Gasteiger partial charge in [0.25, 0.3) is 0 Å². The minimum atomic E-state index is -0.527. The molecule has 1 aliphatic rings. The van der Waals surface area contributed by atoms with E-state index in [1.807, 2.05) is 18.2 Å². The summed E-state index contributed by atoms with van der Waals surface area (Å²) in [5.74, 6) is 0.871. The molecule has 4 N–H and O–H groups in total. The van der Waals surface area contributed by atoms with Crippen molar-refractivity contribution in [2.75, 3.05) is 33.3 Å².